The number of hydrogen-bond acceptors (Lipinski definition) is 6. The van der Waals surface area contributed by atoms with Gasteiger partial charge < -0.3 is 4.42 Å². The molecule has 0 saturated heterocycles. The third kappa shape index (κ3) is 4.58. The van der Waals surface area contributed by atoms with E-state index in [1.807, 2.05) is 146 Å². The van der Waals surface area contributed by atoms with Crippen molar-refractivity contribution in [3.63, 3.8) is 0 Å². The number of nitrogens with zero attached hydrogens (tertiary/aromatic N) is 5. The molecule has 0 aliphatic carbocycles. The lowest BCUT2D eigenvalue weighted by atomic mass is 9.97. The molecule has 0 spiro atoms. The van der Waals surface area contributed by atoms with Crippen LogP contribution in [0.3, 0.4) is 0 Å². The molecule has 0 amide bonds. The molecule has 252 valence electrons. The van der Waals surface area contributed by atoms with Gasteiger partial charge in [0.1, 0.15) is 16.8 Å². The number of benzene rings is 7. The molecule has 0 saturated carbocycles. The lowest BCUT2D eigenvalue weighted by Crippen LogP contribution is -2.17. The average molecular weight is 694 g/mol. The van der Waals surface area contributed by atoms with Crippen molar-refractivity contribution < 1.29 is 4.42 Å². The fraction of sp³-hybridized carbons (Fsp3) is 0. The van der Waals surface area contributed by atoms with Crippen LogP contribution in [0.4, 0.5) is 0 Å². The second kappa shape index (κ2) is 11.8. The minimum atomic E-state index is -0.113. The van der Waals surface area contributed by atoms with E-state index in [4.69, 9.17) is 24.4 Å². The van der Waals surface area contributed by atoms with Gasteiger partial charge in [0.2, 0.25) is 0 Å². The first-order valence-electron chi connectivity index (χ1n) is 17.8. The molecule has 0 bridgehead atoms. The number of fused-ring (bicyclic) bond motifs is 10. The molecule has 7 heteroatoms. The van der Waals surface area contributed by atoms with Crippen LogP contribution in [0.15, 0.2) is 173 Å². The van der Waals surface area contributed by atoms with Gasteiger partial charge in [-0.2, -0.15) is 0 Å². The smallest absolute Gasteiger partial charge is 0.266 e. The fourth-order valence-electron chi connectivity index (χ4n) is 7.79. The summed E-state index contributed by atoms with van der Waals surface area (Å²) < 4.78 is 8.21. The number of furan rings is 1. The lowest BCUT2D eigenvalue weighted by molar-refractivity contribution is 0.669. The van der Waals surface area contributed by atoms with Gasteiger partial charge in [-0.3, -0.25) is 9.20 Å². The van der Waals surface area contributed by atoms with Gasteiger partial charge in [0, 0.05) is 38.2 Å². The van der Waals surface area contributed by atoms with Crippen LogP contribution in [0, 0.1) is 0 Å². The van der Waals surface area contributed by atoms with Crippen molar-refractivity contribution in [3.8, 4) is 45.3 Å². The summed E-state index contributed by atoms with van der Waals surface area (Å²) in [5, 5.41) is 5.33. The van der Waals surface area contributed by atoms with Crippen LogP contribution in [-0.2, 0) is 0 Å². The molecule has 0 aliphatic heterocycles. The van der Waals surface area contributed by atoms with Crippen molar-refractivity contribution in [3.05, 3.63) is 174 Å². The van der Waals surface area contributed by atoms with Crippen LogP contribution >= 0.6 is 0 Å². The molecule has 54 heavy (non-hydrogen) atoms. The normalized spacial score (nSPS) is 11.8. The van der Waals surface area contributed by atoms with Crippen LogP contribution in [-0.4, -0.2) is 24.3 Å². The zero-order valence-corrected chi connectivity index (χ0v) is 28.6. The minimum absolute atomic E-state index is 0.113. The largest absolute Gasteiger partial charge is 0.456 e. The summed E-state index contributed by atoms with van der Waals surface area (Å²) in [6.07, 6.45) is 0. The Morgan fingerprint density at radius 2 is 1.06 bits per heavy atom. The van der Waals surface area contributed by atoms with Crippen molar-refractivity contribution in [2.24, 2.45) is 0 Å². The monoisotopic (exact) mass is 693 g/mol. The Morgan fingerprint density at radius 3 is 1.81 bits per heavy atom. The zero-order chi connectivity index (χ0) is 35.8. The van der Waals surface area contributed by atoms with Gasteiger partial charge >= 0.3 is 0 Å². The molecule has 0 N–H and O–H groups in total. The first-order valence-corrected chi connectivity index (χ1v) is 17.8. The zero-order valence-electron chi connectivity index (χ0n) is 28.6. The van der Waals surface area contributed by atoms with Gasteiger partial charge in [-0.15, -0.1) is 0 Å². The van der Waals surface area contributed by atoms with E-state index in [0.29, 0.717) is 39.6 Å². The molecular formula is C47H27N5O2. The minimum Gasteiger partial charge on any atom is -0.456 e. The summed E-state index contributed by atoms with van der Waals surface area (Å²) >= 11 is 0. The first-order chi connectivity index (χ1) is 26.7. The van der Waals surface area contributed by atoms with Crippen LogP contribution in [0.5, 0.6) is 0 Å². The molecule has 0 radical (unpaired) electrons. The van der Waals surface area contributed by atoms with Crippen LogP contribution in [0.25, 0.3) is 105 Å². The summed E-state index contributed by atoms with van der Waals surface area (Å²) in [5.41, 5.74) is 7.72. The van der Waals surface area contributed by atoms with Crippen molar-refractivity contribution >= 4 is 60.2 Å². The van der Waals surface area contributed by atoms with Gasteiger partial charge in [0.05, 0.1) is 16.4 Å². The molecule has 11 aromatic rings. The topological polar surface area (TPSA) is 86.2 Å². The highest BCUT2D eigenvalue weighted by Crippen LogP contribution is 2.39. The van der Waals surface area contributed by atoms with E-state index in [1.54, 1.807) is 4.40 Å². The van der Waals surface area contributed by atoms with Gasteiger partial charge in [0.25, 0.3) is 5.56 Å². The van der Waals surface area contributed by atoms with Crippen LogP contribution in [0.2, 0.25) is 0 Å². The summed E-state index contributed by atoms with van der Waals surface area (Å²) in [6.45, 7) is 0. The predicted octanol–water partition coefficient (Wildman–Crippen LogP) is 10.9. The third-order valence-electron chi connectivity index (χ3n) is 10.2. The first kappa shape index (κ1) is 30.1. The highest BCUT2D eigenvalue weighted by molar-refractivity contribution is 6.14. The summed E-state index contributed by atoms with van der Waals surface area (Å²) in [5.74, 6) is 1.71. The van der Waals surface area contributed by atoms with E-state index in [-0.39, 0.29) is 5.56 Å². The Balaban J connectivity index is 1.16. The number of aromatic nitrogens is 5. The van der Waals surface area contributed by atoms with Gasteiger partial charge in [-0.1, -0.05) is 133 Å². The molecular weight excluding hydrogens is 667 g/mol. The average Bonchev–Trinajstić information content (AvgIpc) is 3.62. The Hall–Kier alpha value is -7.51. The second-order valence-electron chi connectivity index (χ2n) is 13.4. The van der Waals surface area contributed by atoms with E-state index in [1.165, 1.54) is 0 Å². The van der Waals surface area contributed by atoms with E-state index >= 15 is 0 Å². The SMILES string of the molecule is O=c1c2c(-c3ccc4oc5cccc(-c6nc(-c7ccccc7)nc(-c7ccccc7)n6)c5c4c3)cccc2nc2c3ccccc3c3ccccc3n12. The van der Waals surface area contributed by atoms with Gasteiger partial charge in [-0.05, 0) is 46.8 Å². The summed E-state index contributed by atoms with van der Waals surface area (Å²) in [4.78, 5) is 34.9. The van der Waals surface area contributed by atoms with E-state index < -0.39 is 0 Å². The van der Waals surface area contributed by atoms with Crippen molar-refractivity contribution in [1.29, 1.82) is 0 Å². The molecule has 0 aliphatic rings. The van der Waals surface area contributed by atoms with E-state index in [9.17, 15) is 4.79 Å². The number of para-hydroxylation sites is 1. The standard InChI is InChI=1S/C47H27N5O2/c53-47-42-31(20-11-22-37(42)48-46-34-19-8-7-17-32(34)33-18-9-10-23-38(33)52(46)47)30-25-26-39-36(27-30)41-35(21-12-24-40(41)54-39)45-50-43(28-13-3-1-4-14-28)49-44(51-45)29-15-5-2-6-16-29/h1-27H. The number of hydrogen-bond donors (Lipinski definition) is 0. The third-order valence-corrected chi connectivity index (χ3v) is 10.2. The quantitative estimate of drug-likeness (QED) is 0.135. The van der Waals surface area contributed by atoms with Crippen molar-refractivity contribution in [1.82, 2.24) is 24.3 Å². The Kier molecular flexibility index (Phi) is 6.57. The van der Waals surface area contributed by atoms with E-state index in [0.717, 1.165) is 65.8 Å². The Labute approximate surface area is 307 Å². The Bertz CT molecular complexity index is 3300. The maximum absolute atomic E-state index is 14.8. The van der Waals surface area contributed by atoms with Gasteiger partial charge in [-0.25, -0.2) is 19.9 Å². The maximum Gasteiger partial charge on any atom is 0.266 e. The van der Waals surface area contributed by atoms with Crippen molar-refractivity contribution in [2.75, 3.05) is 0 Å². The second-order valence-corrected chi connectivity index (χ2v) is 13.4. The van der Waals surface area contributed by atoms with Crippen molar-refractivity contribution in [2.45, 2.75) is 0 Å². The molecule has 4 heterocycles. The maximum atomic E-state index is 14.8. The summed E-state index contributed by atoms with van der Waals surface area (Å²) in [6, 6.07) is 54.0. The number of rotatable bonds is 4. The summed E-state index contributed by atoms with van der Waals surface area (Å²) in [7, 11) is 0. The molecule has 0 fully saturated rings. The highest BCUT2D eigenvalue weighted by atomic mass is 16.3. The van der Waals surface area contributed by atoms with Gasteiger partial charge in [0.15, 0.2) is 17.5 Å². The molecule has 7 aromatic carbocycles. The Morgan fingerprint density at radius 1 is 0.426 bits per heavy atom. The predicted molar refractivity (Wildman–Crippen MR) is 216 cm³/mol. The molecule has 0 atom stereocenters. The molecule has 0 unspecified atom stereocenters. The number of pyridine rings is 1. The molecule has 11 rings (SSSR count). The molecule has 7 nitrogen and oxygen atoms in total. The fourth-order valence-corrected chi connectivity index (χ4v) is 7.79. The lowest BCUT2D eigenvalue weighted by Gasteiger charge is -2.13. The highest BCUT2D eigenvalue weighted by Gasteiger charge is 2.20. The van der Waals surface area contributed by atoms with Crippen LogP contribution in [0.1, 0.15) is 0 Å². The van der Waals surface area contributed by atoms with Crippen LogP contribution < -0.4 is 5.56 Å². The molecule has 4 aromatic heterocycles. The van der Waals surface area contributed by atoms with E-state index in [2.05, 4.69) is 18.2 Å².